The zero-order valence-electron chi connectivity index (χ0n) is 19.4. The lowest BCUT2D eigenvalue weighted by atomic mass is 10.2. The van der Waals surface area contributed by atoms with Gasteiger partial charge in [0.05, 0.1) is 28.3 Å². The lowest BCUT2D eigenvalue weighted by Gasteiger charge is -2.21. The fourth-order valence-electron chi connectivity index (χ4n) is 3.38. The summed E-state index contributed by atoms with van der Waals surface area (Å²) in [5.74, 6) is -0.421. The number of aryl methyl sites for hydroxylation is 1. The quantitative estimate of drug-likeness (QED) is 0.349. The van der Waals surface area contributed by atoms with E-state index in [1.165, 1.54) is 54.1 Å². The Morgan fingerprint density at radius 1 is 1.09 bits per heavy atom. The summed E-state index contributed by atoms with van der Waals surface area (Å²) < 4.78 is 41.5. The molecule has 1 aromatic heterocycles. The summed E-state index contributed by atoms with van der Waals surface area (Å²) in [6.45, 7) is 3.76. The monoisotopic (exact) mass is 569 g/mol. The van der Waals surface area contributed by atoms with E-state index in [-0.39, 0.29) is 31.2 Å². The van der Waals surface area contributed by atoms with Crippen molar-refractivity contribution in [2.75, 3.05) is 40.5 Å². The van der Waals surface area contributed by atoms with Gasteiger partial charge in [-0.05, 0) is 48.9 Å². The Morgan fingerprint density at radius 2 is 1.74 bits per heavy atom. The third-order valence-corrected chi connectivity index (χ3v) is 8.57. The van der Waals surface area contributed by atoms with Gasteiger partial charge >= 0.3 is 0 Å². The molecule has 0 saturated heterocycles. The number of thiazole rings is 1. The maximum Gasteiger partial charge on any atom is 0.279 e. The molecule has 11 heteroatoms. The van der Waals surface area contributed by atoms with Gasteiger partial charge < -0.3 is 14.0 Å². The fourth-order valence-corrected chi connectivity index (χ4v) is 6.39. The van der Waals surface area contributed by atoms with Crippen LogP contribution in [0.15, 0.2) is 56.8 Å². The third-order valence-electron chi connectivity index (χ3n) is 5.12. The second-order valence-corrected chi connectivity index (χ2v) is 11.3. The molecule has 0 N–H and O–H groups in total. The maximum atomic E-state index is 13.1. The largest absolute Gasteiger partial charge is 0.383 e. The predicted octanol–water partition coefficient (Wildman–Crippen LogP) is 3.90. The van der Waals surface area contributed by atoms with Crippen molar-refractivity contribution in [1.82, 2.24) is 8.87 Å². The second kappa shape index (κ2) is 12.2. The van der Waals surface area contributed by atoms with Crippen LogP contribution in [-0.2, 0) is 26.0 Å². The van der Waals surface area contributed by atoms with Crippen LogP contribution >= 0.6 is 27.3 Å². The van der Waals surface area contributed by atoms with Crippen LogP contribution in [0.4, 0.5) is 0 Å². The average molecular weight is 571 g/mol. The number of amides is 1. The number of sulfonamides is 1. The van der Waals surface area contributed by atoms with E-state index in [1.807, 2.05) is 22.8 Å². The topological polar surface area (TPSA) is 90.2 Å². The lowest BCUT2D eigenvalue weighted by molar-refractivity contribution is 0.0997. The van der Waals surface area contributed by atoms with Crippen LogP contribution < -0.4 is 4.80 Å². The number of carbonyl (C=O) groups excluding carboxylic acids is 1. The van der Waals surface area contributed by atoms with Gasteiger partial charge in [-0.2, -0.15) is 9.30 Å². The highest BCUT2D eigenvalue weighted by Crippen LogP contribution is 2.23. The van der Waals surface area contributed by atoms with E-state index < -0.39 is 15.9 Å². The Labute approximate surface area is 212 Å². The van der Waals surface area contributed by atoms with E-state index >= 15 is 0 Å². The van der Waals surface area contributed by atoms with Crippen molar-refractivity contribution in [1.29, 1.82) is 0 Å². The van der Waals surface area contributed by atoms with Gasteiger partial charge in [-0.25, -0.2) is 8.42 Å². The van der Waals surface area contributed by atoms with E-state index in [2.05, 4.69) is 27.8 Å². The van der Waals surface area contributed by atoms with Crippen LogP contribution in [-0.4, -0.2) is 63.7 Å². The molecule has 34 heavy (non-hydrogen) atoms. The second-order valence-electron chi connectivity index (χ2n) is 7.48. The third kappa shape index (κ3) is 6.21. The van der Waals surface area contributed by atoms with Crippen LogP contribution in [0.3, 0.4) is 0 Å². The molecular weight excluding hydrogens is 542 g/mol. The molecule has 8 nitrogen and oxygen atoms in total. The minimum Gasteiger partial charge on any atom is -0.383 e. The van der Waals surface area contributed by atoms with Crippen molar-refractivity contribution in [3.05, 3.63) is 57.3 Å². The molecule has 0 aliphatic carbocycles. The molecule has 1 amide bonds. The molecule has 0 atom stereocenters. The van der Waals surface area contributed by atoms with Gasteiger partial charge in [0.1, 0.15) is 0 Å². The van der Waals surface area contributed by atoms with Gasteiger partial charge in [0.15, 0.2) is 4.80 Å². The Balaban J connectivity index is 1.90. The van der Waals surface area contributed by atoms with Gasteiger partial charge in [0.2, 0.25) is 10.0 Å². The number of nitrogens with zero attached hydrogens (tertiary/aromatic N) is 3. The SMILES string of the molecule is CCCn1c(=NC(=O)c2ccc(S(=O)(=O)N(CCOC)CCOC)cc2)sc2cc(Br)ccc21. The lowest BCUT2D eigenvalue weighted by Crippen LogP contribution is -2.36. The van der Waals surface area contributed by atoms with Gasteiger partial charge in [-0.3, -0.25) is 4.79 Å². The summed E-state index contributed by atoms with van der Waals surface area (Å²) in [5.41, 5.74) is 1.34. The molecule has 0 unspecified atom stereocenters. The summed E-state index contributed by atoms with van der Waals surface area (Å²) in [7, 11) is -0.720. The molecule has 0 bridgehead atoms. The number of benzene rings is 2. The highest BCUT2D eigenvalue weighted by Gasteiger charge is 2.24. The number of fused-ring (bicyclic) bond motifs is 1. The van der Waals surface area contributed by atoms with Crippen molar-refractivity contribution in [3.63, 3.8) is 0 Å². The van der Waals surface area contributed by atoms with Gasteiger partial charge in [0.25, 0.3) is 5.91 Å². The average Bonchev–Trinajstić information content (AvgIpc) is 3.15. The molecule has 3 rings (SSSR count). The van der Waals surface area contributed by atoms with E-state index in [0.29, 0.717) is 10.4 Å². The zero-order valence-corrected chi connectivity index (χ0v) is 22.6. The number of hydrogen-bond donors (Lipinski definition) is 0. The van der Waals surface area contributed by atoms with E-state index in [1.54, 1.807) is 0 Å². The number of aromatic nitrogens is 1. The summed E-state index contributed by atoms with van der Waals surface area (Å²) in [6, 6.07) is 11.9. The maximum absolute atomic E-state index is 13.1. The van der Waals surface area contributed by atoms with Crippen molar-refractivity contribution in [3.8, 4) is 0 Å². The van der Waals surface area contributed by atoms with E-state index in [0.717, 1.165) is 27.7 Å². The van der Waals surface area contributed by atoms with Crippen molar-refractivity contribution in [2.24, 2.45) is 4.99 Å². The molecular formula is C23H28BrN3O5S2. The Kier molecular flexibility index (Phi) is 9.57. The summed E-state index contributed by atoms with van der Waals surface area (Å²) in [6.07, 6.45) is 0.901. The van der Waals surface area contributed by atoms with Crippen LogP contribution in [0.25, 0.3) is 10.2 Å². The molecule has 0 spiro atoms. The number of carbonyl (C=O) groups is 1. The molecule has 184 valence electrons. The minimum absolute atomic E-state index is 0.101. The number of halogens is 1. The van der Waals surface area contributed by atoms with Crippen LogP contribution in [0.2, 0.25) is 0 Å². The molecule has 0 fully saturated rings. The first-order valence-electron chi connectivity index (χ1n) is 10.8. The van der Waals surface area contributed by atoms with Crippen molar-refractivity contribution < 1.29 is 22.7 Å². The van der Waals surface area contributed by atoms with Crippen LogP contribution in [0.1, 0.15) is 23.7 Å². The summed E-state index contributed by atoms with van der Waals surface area (Å²) in [5, 5.41) is 0. The van der Waals surface area contributed by atoms with Crippen molar-refractivity contribution >= 4 is 53.4 Å². The number of methoxy groups -OCH3 is 2. The molecule has 2 aromatic carbocycles. The first-order chi connectivity index (χ1) is 16.3. The minimum atomic E-state index is -3.76. The first-order valence-corrected chi connectivity index (χ1v) is 13.8. The van der Waals surface area contributed by atoms with Crippen LogP contribution in [0, 0.1) is 0 Å². The fraction of sp³-hybridized carbons (Fsp3) is 0.391. The van der Waals surface area contributed by atoms with E-state index in [4.69, 9.17) is 9.47 Å². The molecule has 1 heterocycles. The molecule has 0 aliphatic rings. The molecule has 0 radical (unpaired) electrons. The highest BCUT2D eigenvalue weighted by atomic mass is 79.9. The van der Waals surface area contributed by atoms with Crippen LogP contribution in [0.5, 0.6) is 0 Å². The number of ether oxygens (including phenoxy) is 2. The number of hydrogen-bond acceptors (Lipinski definition) is 6. The predicted molar refractivity (Wildman–Crippen MR) is 137 cm³/mol. The number of rotatable bonds is 11. The summed E-state index contributed by atoms with van der Waals surface area (Å²) >= 11 is 4.93. The highest BCUT2D eigenvalue weighted by molar-refractivity contribution is 9.10. The Hall–Kier alpha value is -1.89. The summed E-state index contributed by atoms with van der Waals surface area (Å²) in [4.78, 5) is 18.0. The van der Waals surface area contributed by atoms with Gasteiger partial charge in [-0.1, -0.05) is 34.2 Å². The van der Waals surface area contributed by atoms with E-state index in [9.17, 15) is 13.2 Å². The standard InChI is InChI=1S/C23H28BrN3O5S2/c1-4-11-27-20-10-7-18(24)16-21(20)33-23(27)25-22(28)17-5-8-19(9-6-17)34(29,30)26(12-14-31-2)13-15-32-3/h5-10,16H,4,11-15H2,1-3H3. The van der Waals surface area contributed by atoms with Gasteiger partial charge in [-0.15, -0.1) is 0 Å². The Morgan fingerprint density at radius 3 is 2.32 bits per heavy atom. The normalized spacial score (nSPS) is 12.7. The smallest absolute Gasteiger partial charge is 0.279 e. The molecule has 0 aliphatic heterocycles. The Bertz CT molecular complexity index is 1290. The first kappa shape index (κ1) is 26.7. The molecule has 3 aromatic rings. The zero-order chi connectivity index (χ0) is 24.7. The molecule has 0 saturated carbocycles. The van der Waals surface area contributed by atoms with Crippen molar-refractivity contribution in [2.45, 2.75) is 24.8 Å². The van der Waals surface area contributed by atoms with Gasteiger partial charge in [0, 0.05) is 43.9 Å².